The first-order chi connectivity index (χ1) is 20.3. The number of aromatic amines is 1. The number of hydrogen-bond acceptors (Lipinski definition) is 5. The normalized spacial score (nSPS) is 16.6. The van der Waals surface area contributed by atoms with Crippen molar-refractivity contribution in [2.24, 2.45) is 7.05 Å². The first kappa shape index (κ1) is 26.6. The summed E-state index contributed by atoms with van der Waals surface area (Å²) in [5.74, 6) is 0.235. The van der Waals surface area contributed by atoms with Crippen molar-refractivity contribution in [3.05, 3.63) is 117 Å². The Balaban J connectivity index is 1.17. The number of aromatic nitrogens is 4. The van der Waals surface area contributed by atoms with Crippen LogP contribution < -0.4 is 5.56 Å². The third-order valence-corrected chi connectivity index (χ3v) is 8.93. The van der Waals surface area contributed by atoms with E-state index < -0.39 is 12.0 Å². The molecule has 0 bridgehead atoms. The minimum Gasteiger partial charge on any atom is -0.378 e. The fourth-order valence-corrected chi connectivity index (χ4v) is 6.35. The van der Waals surface area contributed by atoms with E-state index in [9.17, 15) is 14.7 Å². The lowest BCUT2D eigenvalue weighted by molar-refractivity contribution is -0.141. The van der Waals surface area contributed by atoms with Crippen molar-refractivity contribution in [3.8, 4) is 11.1 Å². The lowest BCUT2D eigenvalue weighted by Crippen LogP contribution is -2.36. The molecule has 0 spiro atoms. The smallest absolute Gasteiger partial charge is 0.256 e. The van der Waals surface area contributed by atoms with Gasteiger partial charge in [0.1, 0.15) is 5.82 Å². The number of hydrogen-bond donors (Lipinski definition) is 2. The highest BCUT2D eigenvalue weighted by atomic mass is 35.5. The molecule has 212 valence electrons. The van der Waals surface area contributed by atoms with Crippen LogP contribution in [-0.2, 0) is 30.2 Å². The fraction of sp³-hybridized carbons (Fsp3) is 0.273. The molecule has 2 N–H and O–H groups in total. The van der Waals surface area contributed by atoms with E-state index >= 15 is 0 Å². The number of amides is 1. The number of rotatable bonds is 5. The van der Waals surface area contributed by atoms with Gasteiger partial charge in [-0.3, -0.25) is 14.3 Å². The van der Waals surface area contributed by atoms with E-state index in [1.54, 1.807) is 29.2 Å². The van der Waals surface area contributed by atoms with Crippen molar-refractivity contribution < 1.29 is 9.90 Å². The number of aryl methyl sites for hydroxylation is 2. The molecule has 0 radical (unpaired) electrons. The standard InChI is InChI=1S/C33H30ClN5O3/c1-38-28-11-10-21(15-23(28)18-35-38)20-5-2-7-24(16-20)33(12-13-33)32-36-27-9-4-14-39(19-26(27)30(41)37-32)31(42)29(40)22-6-3-8-25(34)17-22/h2-3,5-8,10-11,15-18,29,40H,4,9,12-14,19H2,1H3,(H,36,37,41). The number of nitrogens with zero attached hydrogens (tertiary/aromatic N) is 4. The van der Waals surface area contributed by atoms with Crippen LogP contribution in [0.3, 0.4) is 0 Å². The predicted molar refractivity (Wildman–Crippen MR) is 161 cm³/mol. The van der Waals surface area contributed by atoms with Gasteiger partial charge in [0.05, 0.1) is 34.9 Å². The number of H-pyrrole nitrogens is 1. The van der Waals surface area contributed by atoms with E-state index in [1.165, 1.54) is 0 Å². The van der Waals surface area contributed by atoms with Crippen LogP contribution in [0.15, 0.2) is 77.7 Å². The van der Waals surface area contributed by atoms with Crippen molar-refractivity contribution in [3.63, 3.8) is 0 Å². The number of carbonyl (C=O) groups is 1. The van der Waals surface area contributed by atoms with E-state index in [1.807, 2.05) is 17.9 Å². The van der Waals surface area contributed by atoms with Crippen LogP contribution in [0.2, 0.25) is 5.02 Å². The quantitative estimate of drug-likeness (QED) is 0.303. The molecule has 7 rings (SSSR count). The third-order valence-electron chi connectivity index (χ3n) is 8.70. The van der Waals surface area contributed by atoms with Gasteiger partial charge in [0.15, 0.2) is 6.10 Å². The lowest BCUT2D eigenvalue weighted by atomic mass is 9.91. The van der Waals surface area contributed by atoms with Crippen molar-refractivity contribution in [2.45, 2.75) is 43.7 Å². The van der Waals surface area contributed by atoms with Gasteiger partial charge in [0.2, 0.25) is 0 Å². The van der Waals surface area contributed by atoms with Crippen molar-refractivity contribution >= 4 is 28.4 Å². The molecule has 0 saturated heterocycles. The SMILES string of the molecule is Cn1ncc2cc(-c3cccc(C4(c5nc6c(c(=O)[nH]5)CN(C(=O)C(O)c5cccc(Cl)c5)CCC6)CC4)c3)ccc21. The minimum atomic E-state index is -1.35. The first-order valence-corrected chi connectivity index (χ1v) is 14.6. The van der Waals surface area contributed by atoms with Gasteiger partial charge >= 0.3 is 0 Å². The molecule has 1 atom stereocenters. The van der Waals surface area contributed by atoms with E-state index in [0.29, 0.717) is 41.4 Å². The summed E-state index contributed by atoms with van der Waals surface area (Å²) in [7, 11) is 1.94. The maximum Gasteiger partial charge on any atom is 0.256 e. The second-order valence-electron chi connectivity index (χ2n) is 11.4. The summed E-state index contributed by atoms with van der Waals surface area (Å²) in [6, 6.07) is 21.5. The summed E-state index contributed by atoms with van der Waals surface area (Å²) < 4.78 is 1.87. The summed E-state index contributed by atoms with van der Waals surface area (Å²) in [5, 5.41) is 16.7. The van der Waals surface area contributed by atoms with Gasteiger partial charge in [-0.15, -0.1) is 0 Å². The Hall–Kier alpha value is -4.27. The van der Waals surface area contributed by atoms with E-state index in [2.05, 4.69) is 52.5 Å². The average Bonchev–Trinajstić information content (AvgIpc) is 3.78. The molecular formula is C33H30ClN5O3. The van der Waals surface area contributed by atoms with Gasteiger partial charge < -0.3 is 15.0 Å². The topological polar surface area (TPSA) is 104 Å². The number of aliphatic hydroxyl groups excluding tert-OH is 1. The van der Waals surface area contributed by atoms with Gasteiger partial charge in [-0.25, -0.2) is 4.98 Å². The van der Waals surface area contributed by atoms with E-state index in [0.717, 1.165) is 46.1 Å². The molecule has 2 aromatic heterocycles. The number of carbonyl (C=O) groups excluding carboxylic acids is 1. The molecule has 5 aromatic rings. The van der Waals surface area contributed by atoms with Crippen LogP contribution in [0.4, 0.5) is 0 Å². The van der Waals surface area contributed by atoms with Gasteiger partial charge in [-0.05, 0) is 72.2 Å². The Labute approximate surface area is 247 Å². The molecule has 1 amide bonds. The zero-order valence-corrected chi connectivity index (χ0v) is 23.9. The fourth-order valence-electron chi connectivity index (χ4n) is 6.16. The van der Waals surface area contributed by atoms with Crippen LogP contribution in [-0.4, -0.2) is 42.2 Å². The summed E-state index contributed by atoms with van der Waals surface area (Å²) in [6.45, 7) is 0.532. The maximum atomic E-state index is 13.5. The van der Waals surface area contributed by atoms with Gasteiger partial charge in [-0.2, -0.15) is 5.10 Å². The largest absolute Gasteiger partial charge is 0.378 e. The zero-order valence-electron chi connectivity index (χ0n) is 23.2. The molecule has 3 heterocycles. The molecule has 9 heteroatoms. The highest BCUT2D eigenvalue weighted by Gasteiger charge is 2.49. The molecule has 1 unspecified atom stereocenters. The van der Waals surface area contributed by atoms with Crippen LogP contribution in [0, 0.1) is 0 Å². The molecule has 8 nitrogen and oxygen atoms in total. The summed E-state index contributed by atoms with van der Waals surface area (Å²) >= 11 is 6.06. The molecule has 3 aromatic carbocycles. The molecule has 1 aliphatic heterocycles. The predicted octanol–water partition coefficient (Wildman–Crippen LogP) is 5.07. The number of aliphatic hydroxyl groups is 1. The van der Waals surface area contributed by atoms with E-state index in [4.69, 9.17) is 16.6 Å². The maximum absolute atomic E-state index is 13.5. The molecule has 1 fully saturated rings. The van der Waals surface area contributed by atoms with Crippen molar-refractivity contribution in [1.82, 2.24) is 24.6 Å². The number of benzene rings is 3. The number of halogens is 1. The van der Waals surface area contributed by atoms with Gasteiger partial charge in [0.25, 0.3) is 11.5 Å². The number of fused-ring (bicyclic) bond motifs is 2. The van der Waals surface area contributed by atoms with Gasteiger partial charge in [0, 0.05) is 24.0 Å². The minimum absolute atomic E-state index is 0.105. The summed E-state index contributed by atoms with van der Waals surface area (Å²) in [5.41, 5.74) is 5.50. The van der Waals surface area contributed by atoms with Crippen molar-refractivity contribution in [1.29, 1.82) is 0 Å². The van der Waals surface area contributed by atoms with Crippen molar-refractivity contribution in [2.75, 3.05) is 6.54 Å². The van der Waals surface area contributed by atoms with Crippen LogP contribution in [0.5, 0.6) is 0 Å². The number of nitrogens with one attached hydrogen (secondary N) is 1. The molecule has 42 heavy (non-hydrogen) atoms. The highest BCUT2D eigenvalue weighted by molar-refractivity contribution is 6.30. The third kappa shape index (κ3) is 4.61. The lowest BCUT2D eigenvalue weighted by Gasteiger charge is -2.24. The monoisotopic (exact) mass is 579 g/mol. The summed E-state index contributed by atoms with van der Waals surface area (Å²) in [6.07, 6.45) is 3.56. The Morgan fingerprint density at radius 3 is 2.69 bits per heavy atom. The van der Waals surface area contributed by atoms with Crippen LogP contribution >= 0.6 is 11.6 Å². The Morgan fingerprint density at radius 2 is 1.88 bits per heavy atom. The molecule has 1 aliphatic carbocycles. The Kier molecular flexibility index (Phi) is 6.48. The second kappa shape index (κ2) is 10.2. The zero-order chi connectivity index (χ0) is 29.0. The molecular weight excluding hydrogens is 550 g/mol. The first-order valence-electron chi connectivity index (χ1n) is 14.2. The van der Waals surface area contributed by atoms with E-state index in [-0.39, 0.29) is 17.5 Å². The Bertz CT molecular complexity index is 1910. The Morgan fingerprint density at radius 1 is 1.07 bits per heavy atom. The van der Waals surface area contributed by atoms with Crippen LogP contribution in [0.25, 0.3) is 22.0 Å². The summed E-state index contributed by atoms with van der Waals surface area (Å²) in [4.78, 5) is 36.4. The highest BCUT2D eigenvalue weighted by Crippen LogP contribution is 2.52. The molecule has 2 aliphatic rings. The van der Waals surface area contributed by atoms with Gasteiger partial charge in [-0.1, -0.05) is 54.1 Å². The molecule has 1 saturated carbocycles. The second-order valence-corrected chi connectivity index (χ2v) is 11.8. The van der Waals surface area contributed by atoms with Crippen LogP contribution in [0.1, 0.15) is 53.6 Å². The average molecular weight is 580 g/mol.